The summed E-state index contributed by atoms with van der Waals surface area (Å²) in [5, 5.41) is 6.49. The summed E-state index contributed by atoms with van der Waals surface area (Å²) in [5.41, 5.74) is 0. The van der Waals surface area contributed by atoms with E-state index in [-0.39, 0.29) is 18.0 Å². The summed E-state index contributed by atoms with van der Waals surface area (Å²) in [6.07, 6.45) is 39.8. The SMILES string of the molecule is CCCCCCCCCOC(=O)CCCCCCCN(CCCCCCCC(=O)OC(CCCCCCCC)CCCCCCCC)CCCNC(=NC)NC. The first kappa shape index (κ1) is 54.2. The topological polar surface area (TPSA) is 92.3 Å². The Hall–Kier alpha value is -1.83. The van der Waals surface area contributed by atoms with E-state index in [1.165, 1.54) is 154 Å². The minimum Gasteiger partial charge on any atom is -0.466 e. The first-order chi connectivity index (χ1) is 27.5. The molecule has 0 aromatic rings. The maximum Gasteiger partial charge on any atom is 0.306 e. The number of rotatable bonds is 43. The van der Waals surface area contributed by atoms with Crippen LogP contribution in [0.25, 0.3) is 0 Å². The van der Waals surface area contributed by atoms with Crippen LogP contribution in [0.3, 0.4) is 0 Å². The van der Waals surface area contributed by atoms with Crippen molar-refractivity contribution in [1.82, 2.24) is 15.5 Å². The van der Waals surface area contributed by atoms with Crippen molar-refractivity contribution < 1.29 is 19.1 Å². The number of ether oxygens (including phenoxy) is 2. The van der Waals surface area contributed by atoms with E-state index < -0.39 is 0 Å². The zero-order valence-corrected chi connectivity index (χ0v) is 38.2. The monoisotopic (exact) mass is 793 g/mol. The van der Waals surface area contributed by atoms with Gasteiger partial charge in [-0.3, -0.25) is 14.6 Å². The van der Waals surface area contributed by atoms with Crippen LogP contribution in [-0.2, 0) is 19.1 Å². The fraction of sp³-hybridized carbons (Fsp3) is 0.938. The lowest BCUT2D eigenvalue weighted by Gasteiger charge is -2.22. The summed E-state index contributed by atoms with van der Waals surface area (Å²) in [7, 11) is 3.70. The summed E-state index contributed by atoms with van der Waals surface area (Å²) >= 11 is 0. The first-order valence-electron chi connectivity index (χ1n) is 24.5. The second-order valence-corrected chi connectivity index (χ2v) is 16.5. The summed E-state index contributed by atoms with van der Waals surface area (Å²) in [5.74, 6) is 0.852. The van der Waals surface area contributed by atoms with Gasteiger partial charge >= 0.3 is 11.9 Å². The molecule has 0 radical (unpaired) electrons. The van der Waals surface area contributed by atoms with Crippen LogP contribution < -0.4 is 10.6 Å². The van der Waals surface area contributed by atoms with Gasteiger partial charge in [-0.05, 0) is 83.8 Å². The molecule has 0 saturated carbocycles. The van der Waals surface area contributed by atoms with Gasteiger partial charge in [0.2, 0.25) is 0 Å². The molecule has 0 rings (SSSR count). The van der Waals surface area contributed by atoms with Gasteiger partial charge in [-0.1, -0.05) is 162 Å². The molecule has 0 aromatic heterocycles. The van der Waals surface area contributed by atoms with E-state index in [4.69, 9.17) is 9.47 Å². The third kappa shape index (κ3) is 39.0. The van der Waals surface area contributed by atoms with Crippen LogP contribution in [0, 0.1) is 0 Å². The molecule has 0 saturated heterocycles. The van der Waals surface area contributed by atoms with Crippen LogP contribution in [0.5, 0.6) is 0 Å². The zero-order valence-electron chi connectivity index (χ0n) is 38.2. The van der Waals surface area contributed by atoms with Gasteiger partial charge in [-0.2, -0.15) is 0 Å². The first-order valence-corrected chi connectivity index (χ1v) is 24.5. The van der Waals surface area contributed by atoms with Gasteiger partial charge in [0.15, 0.2) is 5.96 Å². The Morgan fingerprint density at radius 1 is 0.518 bits per heavy atom. The maximum atomic E-state index is 12.8. The van der Waals surface area contributed by atoms with Crippen molar-refractivity contribution in [2.75, 3.05) is 46.9 Å². The van der Waals surface area contributed by atoms with E-state index >= 15 is 0 Å². The third-order valence-corrected chi connectivity index (χ3v) is 11.2. The van der Waals surface area contributed by atoms with Crippen LogP contribution in [0.1, 0.15) is 239 Å². The quantitative estimate of drug-likeness (QED) is 0.0275. The van der Waals surface area contributed by atoms with Crippen LogP contribution in [0.4, 0.5) is 0 Å². The van der Waals surface area contributed by atoms with E-state index in [2.05, 4.69) is 41.3 Å². The number of unbranched alkanes of at least 4 members (excludes halogenated alkanes) is 24. The fourth-order valence-electron chi connectivity index (χ4n) is 7.52. The van der Waals surface area contributed by atoms with Crippen molar-refractivity contribution in [3.05, 3.63) is 0 Å². The van der Waals surface area contributed by atoms with E-state index in [1.54, 1.807) is 7.05 Å². The molecule has 0 aromatic carbocycles. The Kier molecular flexibility index (Phi) is 42.8. The van der Waals surface area contributed by atoms with Crippen molar-refractivity contribution in [2.24, 2.45) is 4.99 Å². The lowest BCUT2D eigenvalue weighted by Crippen LogP contribution is -2.37. The largest absolute Gasteiger partial charge is 0.466 e. The molecule has 0 spiro atoms. The molecule has 0 atom stereocenters. The normalized spacial score (nSPS) is 11.8. The number of carbonyl (C=O) groups excluding carboxylic acids is 2. The number of carbonyl (C=O) groups is 2. The molecule has 8 nitrogen and oxygen atoms in total. The third-order valence-electron chi connectivity index (χ3n) is 11.2. The molecule has 0 aliphatic heterocycles. The minimum atomic E-state index is -0.0171. The average molecular weight is 793 g/mol. The van der Waals surface area contributed by atoms with Gasteiger partial charge in [0.1, 0.15) is 6.10 Å². The van der Waals surface area contributed by atoms with E-state index in [0.717, 1.165) is 83.5 Å². The highest BCUT2D eigenvalue weighted by Gasteiger charge is 2.14. The number of aliphatic imine (C=N–C) groups is 1. The second kappa shape index (κ2) is 44.3. The summed E-state index contributed by atoms with van der Waals surface area (Å²) < 4.78 is 11.5. The zero-order chi connectivity index (χ0) is 41.0. The van der Waals surface area contributed by atoms with Crippen molar-refractivity contribution in [2.45, 2.75) is 245 Å². The lowest BCUT2D eigenvalue weighted by atomic mass is 10.0. The summed E-state index contributed by atoms with van der Waals surface area (Å²) in [4.78, 5) is 31.8. The molecule has 0 heterocycles. The lowest BCUT2D eigenvalue weighted by molar-refractivity contribution is -0.150. The standard InChI is InChI=1S/C48H96N4O4/c1-6-9-12-15-18-27-34-44-55-46(53)38-30-23-19-25-32-41-52(43-35-40-51-48(49-4)50-5)42-33-26-20-24-31-39-47(54)56-45(36-28-21-16-13-10-7-2)37-29-22-17-14-11-8-3/h45H,6-44H2,1-5H3,(H2,49,50,51). The minimum absolute atomic E-state index is 0.0171. The molecule has 332 valence electrons. The Labute approximate surface area is 348 Å². The van der Waals surface area contributed by atoms with Gasteiger partial charge in [-0.25, -0.2) is 0 Å². The average Bonchev–Trinajstić information content (AvgIpc) is 3.20. The van der Waals surface area contributed by atoms with Crippen molar-refractivity contribution in [1.29, 1.82) is 0 Å². The highest BCUT2D eigenvalue weighted by atomic mass is 16.5. The Morgan fingerprint density at radius 2 is 0.929 bits per heavy atom. The highest BCUT2D eigenvalue weighted by molar-refractivity contribution is 5.79. The predicted molar refractivity (Wildman–Crippen MR) is 242 cm³/mol. The number of nitrogens with one attached hydrogen (secondary N) is 2. The van der Waals surface area contributed by atoms with Crippen LogP contribution in [-0.4, -0.2) is 75.8 Å². The Balaban J connectivity index is 4.36. The van der Waals surface area contributed by atoms with Crippen LogP contribution >= 0.6 is 0 Å². The molecule has 0 amide bonds. The second-order valence-electron chi connectivity index (χ2n) is 16.5. The van der Waals surface area contributed by atoms with Crippen molar-refractivity contribution >= 4 is 17.9 Å². The van der Waals surface area contributed by atoms with Crippen molar-refractivity contribution in [3.63, 3.8) is 0 Å². The molecule has 8 heteroatoms. The van der Waals surface area contributed by atoms with E-state index in [1.807, 2.05) is 7.05 Å². The molecule has 2 N–H and O–H groups in total. The summed E-state index contributed by atoms with van der Waals surface area (Å²) in [6.45, 7) is 11.6. The molecule has 0 bridgehead atoms. The van der Waals surface area contributed by atoms with Crippen LogP contribution in [0.2, 0.25) is 0 Å². The molecule has 56 heavy (non-hydrogen) atoms. The molecular formula is C48H96N4O4. The number of guanidine groups is 1. The molecular weight excluding hydrogens is 697 g/mol. The van der Waals surface area contributed by atoms with E-state index in [9.17, 15) is 9.59 Å². The smallest absolute Gasteiger partial charge is 0.306 e. The predicted octanol–water partition coefficient (Wildman–Crippen LogP) is 12.9. The maximum absolute atomic E-state index is 12.8. The van der Waals surface area contributed by atoms with Crippen molar-refractivity contribution in [3.8, 4) is 0 Å². The molecule has 0 aliphatic rings. The highest BCUT2D eigenvalue weighted by Crippen LogP contribution is 2.18. The van der Waals surface area contributed by atoms with E-state index in [0.29, 0.717) is 19.4 Å². The number of hydrogen-bond donors (Lipinski definition) is 2. The fourth-order valence-corrected chi connectivity index (χ4v) is 7.52. The van der Waals surface area contributed by atoms with Gasteiger partial charge in [0.25, 0.3) is 0 Å². The number of esters is 2. The van der Waals surface area contributed by atoms with Crippen LogP contribution in [0.15, 0.2) is 4.99 Å². The summed E-state index contributed by atoms with van der Waals surface area (Å²) in [6, 6.07) is 0. The molecule has 0 unspecified atom stereocenters. The molecule has 0 aliphatic carbocycles. The molecule has 0 fully saturated rings. The van der Waals surface area contributed by atoms with Gasteiger partial charge in [-0.15, -0.1) is 0 Å². The number of nitrogens with zero attached hydrogens (tertiary/aromatic N) is 2. The van der Waals surface area contributed by atoms with Gasteiger partial charge in [0, 0.05) is 33.5 Å². The van der Waals surface area contributed by atoms with Gasteiger partial charge < -0.3 is 25.0 Å². The Morgan fingerprint density at radius 3 is 1.41 bits per heavy atom. The van der Waals surface area contributed by atoms with Gasteiger partial charge in [0.05, 0.1) is 6.61 Å². The number of hydrogen-bond acceptors (Lipinski definition) is 6. The Bertz CT molecular complexity index is 854.